The number of hydrogen-bond acceptors (Lipinski definition) is 2. The molecule has 0 amide bonds. The molecule has 2 nitrogen and oxygen atoms in total. The van der Waals surface area contributed by atoms with Gasteiger partial charge in [-0.05, 0) is 24.3 Å². The summed E-state index contributed by atoms with van der Waals surface area (Å²) in [7, 11) is 0. The van der Waals surface area contributed by atoms with Crippen LogP contribution in [0.25, 0.3) is 11.0 Å². The van der Waals surface area contributed by atoms with Crippen LogP contribution in [0.5, 0.6) is 0 Å². The van der Waals surface area contributed by atoms with Gasteiger partial charge in [0.05, 0.1) is 22.3 Å². The molecule has 0 radical (unpaired) electrons. The van der Waals surface area contributed by atoms with Crippen molar-refractivity contribution >= 4 is 39.9 Å². The molecule has 0 atom stereocenters. The van der Waals surface area contributed by atoms with Gasteiger partial charge in [0, 0.05) is 5.39 Å². The Morgan fingerprint density at radius 1 is 1.00 bits per heavy atom. The third kappa shape index (κ3) is 2.55. The first-order chi connectivity index (χ1) is 9.24. The summed E-state index contributed by atoms with van der Waals surface area (Å²) >= 11 is 12.1. The molecule has 0 aliphatic rings. The summed E-state index contributed by atoms with van der Waals surface area (Å²) in [6.07, 6.45) is 0. The molecule has 0 bridgehead atoms. The minimum atomic E-state index is 0.528. The van der Waals surface area contributed by atoms with E-state index in [0.717, 1.165) is 22.4 Å². The summed E-state index contributed by atoms with van der Waals surface area (Å²) in [5.74, 6) is 0.859. The van der Waals surface area contributed by atoms with Crippen molar-refractivity contribution in [2.75, 3.05) is 5.32 Å². The summed E-state index contributed by atoms with van der Waals surface area (Å²) < 4.78 is 5.72. The minimum Gasteiger partial charge on any atom is -0.459 e. The fraction of sp³-hybridized carbons (Fsp3) is 0.0667. The lowest BCUT2D eigenvalue weighted by Crippen LogP contribution is -1.98. The van der Waals surface area contributed by atoms with Crippen LogP contribution < -0.4 is 5.32 Å². The summed E-state index contributed by atoms with van der Waals surface area (Å²) in [5.41, 5.74) is 1.69. The first kappa shape index (κ1) is 12.4. The molecule has 0 saturated heterocycles. The number of benzene rings is 2. The van der Waals surface area contributed by atoms with Gasteiger partial charge in [0.25, 0.3) is 0 Å². The zero-order valence-corrected chi connectivity index (χ0v) is 11.5. The number of hydrogen-bond donors (Lipinski definition) is 1. The Hall–Kier alpha value is -1.64. The largest absolute Gasteiger partial charge is 0.459 e. The van der Waals surface area contributed by atoms with Crippen LogP contribution in [0.15, 0.2) is 52.9 Å². The highest BCUT2D eigenvalue weighted by molar-refractivity contribution is 6.43. The fourth-order valence-corrected chi connectivity index (χ4v) is 2.31. The molecule has 1 N–H and O–H groups in total. The molecule has 0 saturated carbocycles. The van der Waals surface area contributed by atoms with E-state index in [2.05, 4.69) is 5.32 Å². The normalized spacial score (nSPS) is 10.8. The van der Waals surface area contributed by atoms with Crippen molar-refractivity contribution < 1.29 is 4.42 Å². The monoisotopic (exact) mass is 291 g/mol. The van der Waals surface area contributed by atoms with Gasteiger partial charge in [-0.15, -0.1) is 0 Å². The average Bonchev–Trinajstić information content (AvgIpc) is 2.83. The molecule has 3 aromatic rings. The lowest BCUT2D eigenvalue weighted by molar-refractivity contribution is 0.559. The Morgan fingerprint density at radius 3 is 2.68 bits per heavy atom. The predicted molar refractivity (Wildman–Crippen MR) is 80.0 cm³/mol. The Labute approximate surface area is 120 Å². The number of anilines is 1. The standard InChI is InChI=1S/C15H11Cl2NO/c16-12-5-3-6-13(15(12)17)18-9-11-8-10-4-1-2-7-14(10)19-11/h1-8,18H,9H2. The Morgan fingerprint density at radius 2 is 1.84 bits per heavy atom. The molecule has 19 heavy (non-hydrogen) atoms. The number of para-hydroxylation sites is 1. The molecule has 0 unspecified atom stereocenters. The van der Waals surface area contributed by atoms with Crippen LogP contribution in [0.2, 0.25) is 10.0 Å². The zero-order chi connectivity index (χ0) is 13.2. The van der Waals surface area contributed by atoms with E-state index < -0.39 is 0 Å². The fourth-order valence-electron chi connectivity index (χ4n) is 1.95. The van der Waals surface area contributed by atoms with E-state index >= 15 is 0 Å². The second-order valence-corrected chi connectivity index (χ2v) is 4.99. The van der Waals surface area contributed by atoms with Crippen molar-refractivity contribution in [1.29, 1.82) is 0 Å². The molecule has 4 heteroatoms. The van der Waals surface area contributed by atoms with Gasteiger partial charge < -0.3 is 9.73 Å². The number of fused-ring (bicyclic) bond motifs is 1. The zero-order valence-electron chi connectivity index (χ0n) is 9.99. The van der Waals surface area contributed by atoms with Crippen molar-refractivity contribution in [1.82, 2.24) is 0 Å². The SMILES string of the molecule is Clc1cccc(NCc2cc3ccccc3o2)c1Cl. The van der Waals surface area contributed by atoms with Crippen LogP contribution in [0.1, 0.15) is 5.76 Å². The maximum atomic E-state index is 6.11. The Balaban J connectivity index is 1.80. The van der Waals surface area contributed by atoms with E-state index in [-0.39, 0.29) is 0 Å². The van der Waals surface area contributed by atoms with Crippen LogP contribution in [-0.2, 0) is 6.54 Å². The van der Waals surface area contributed by atoms with Crippen molar-refractivity contribution in [2.45, 2.75) is 6.54 Å². The number of nitrogens with one attached hydrogen (secondary N) is 1. The molecule has 96 valence electrons. The third-order valence-corrected chi connectivity index (χ3v) is 3.70. The highest BCUT2D eigenvalue weighted by atomic mass is 35.5. The first-order valence-electron chi connectivity index (χ1n) is 5.89. The number of halogens is 2. The van der Waals surface area contributed by atoms with E-state index in [4.69, 9.17) is 27.6 Å². The molecule has 2 aromatic carbocycles. The molecule has 0 fully saturated rings. The smallest absolute Gasteiger partial charge is 0.134 e. The second kappa shape index (κ2) is 5.16. The molecule has 3 rings (SSSR count). The van der Waals surface area contributed by atoms with Crippen LogP contribution in [0, 0.1) is 0 Å². The van der Waals surface area contributed by atoms with E-state index in [1.807, 2.05) is 42.5 Å². The molecule has 0 aliphatic carbocycles. The summed E-state index contributed by atoms with van der Waals surface area (Å²) in [5, 5.41) is 5.38. The molecular formula is C15H11Cl2NO. The van der Waals surface area contributed by atoms with Gasteiger partial charge >= 0.3 is 0 Å². The van der Waals surface area contributed by atoms with Gasteiger partial charge in [0.1, 0.15) is 11.3 Å². The molecule has 0 aliphatic heterocycles. The lowest BCUT2D eigenvalue weighted by Gasteiger charge is -2.07. The molecule has 1 aromatic heterocycles. The Bertz CT molecular complexity index is 688. The van der Waals surface area contributed by atoms with Crippen LogP contribution in [0.3, 0.4) is 0 Å². The summed E-state index contributed by atoms with van der Waals surface area (Å²) in [6.45, 7) is 0.564. The van der Waals surface area contributed by atoms with Crippen LogP contribution in [-0.4, -0.2) is 0 Å². The molecular weight excluding hydrogens is 281 g/mol. The summed E-state index contributed by atoms with van der Waals surface area (Å²) in [4.78, 5) is 0. The average molecular weight is 292 g/mol. The van der Waals surface area contributed by atoms with Crippen molar-refractivity contribution in [3.8, 4) is 0 Å². The van der Waals surface area contributed by atoms with Crippen molar-refractivity contribution in [3.63, 3.8) is 0 Å². The molecule has 1 heterocycles. The van der Waals surface area contributed by atoms with Crippen LogP contribution in [0.4, 0.5) is 5.69 Å². The topological polar surface area (TPSA) is 25.2 Å². The van der Waals surface area contributed by atoms with Crippen molar-refractivity contribution in [2.24, 2.45) is 0 Å². The molecule has 0 spiro atoms. The number of furan rings is 1. The minimum absolute atomic E-state index is 0.528. The van der Waals surface area contributed by atoms with Gasteiger partial charge in [0.15, 0.2) is 0 Å². The van der Waals surface area contributed by atoms with Gasteiger partial charge in [-0.2, -0.15) is 0 Å². The third-order valence-electron chi connectivity index (χ3n) is 2.88. The van der Waals surface area contributed by atoms with E-state index in [1.165, 1.54) is 0 Å². The van der Waals surface area contributed by atoms with E-state index in [1.54, 1.807) is 6.07 Å². The van der Waals surface area contributed by atoms with Gasteiger partial charge in [-0.25, -0.2) is 0 Å². The van der Waals surface area contributed by atoms with E-state index in [0.29, 0.717) is 16.6 Å². The lowest BCUT2D eigenvalue weighted by atomic mass is 10.2. The predicted octanol–water partition coefficient (Wildman–Crippen LogP) is 5.35. The van der Waals surface area contributed by atoms with Gasteiger partial charge in [-0.3, -0.25) is 0 Å². The summed E-state index contributed by atoms with van der Waals surface area (Å²) in [6, 6.07) is 15.4. The first-order valence-corrected chi connectivity index (χ1v) is 6.65. The van der Waals surface area contributed by atoms with Gasteiger partial charge in [-0.1, -0.05) is 47.5 Å². The van der Waals surface area contributed by atoms with E-state index in [9.17, 15) is 0 Å². The highest BCUT2D eigenvalue weighted by Crippen LogP contribution is 2.30. The van der Waals surface area contributed by atoms with Gasteiger partial charge in [0.2, 0.25) is 0 Å². The maximum absolute atomic E-state index is 6.11. The van der Waals surface area contributed by atoms with Crippen molar-refractivity contribution in [3.05, 3.63) is 64.3 Å². The highest BCUT2D eigenvalue weighted by Gasteiger charge is 2.06. The Kier molecular flexibility index (Phi) is 3.36. The van der Waals surface area contributed by atoms with Crippen LogP contribution >= 0.6 is 23.2 Å². The maximum Gasteiger partial charge on any atom is 0.134 e. The second-order valence-electron chi connectivity index (χ2n) is 4.21. The number of rotatable bonds is 3. The quantitative estimate of drug-likeness (QED) is 0.703.